The maximum atomic E-state index is 12.3. The Balaban J connectivity index is 2.07. The molecule has 6 heteroatoms. The van der Waals surface area contributed by atoms with Crippen molar-refractivity contribution in [2.75, 3.05) is 31.9 Å². The molecule has 2 N–H and O–H groups in total. The Labute approximate surface area is 120 Å². The number of carbonyl (C=O) groups is 2. The van der Waals surface area contributed by atoms with Gasteiger partial charge >= 0.3 is 0 Å². The Morgan fingerprint density at radius 2 is 1.68 bits per heavy atom. The lowest BCUT2D eigenvalue weighted by molar-refractivity contribution is -0.130. The van der Waals surface area contributed by atoms with E-state index in [0.717, 1.165) is 4.47 Å². The third-order valence-electron chi connectivity index (χ3n) is 3.18. The van der Waals surface area contributed by atoms with E-state index in [-0.39, 0.29) is 11.8 Å². The number of hydrogen-bond donors (Lipinski definition) is 1. The van der Waals surface area contributed by atoms with E-state index in [1.165, 1.54) is 0 Å². The zero-order chi connectivity index (χ0) is 14.0. The number of benzene rings is 1. The van der Waals surface area contributed by atoms with Gasteiger partial charge in [0.1, 0.15) is 0 Å². The third-order valence-corrected chi connectivity index (χ3v) is 3.64. The number of piperazine rings is 1. The summed E-state index contributed by atoms with van der Waals surface area (Å²) in [4.78, 5) is 27.1. The minimum atomic E-state index is -0.0452. The standard InChI is InChI=1S/C13H16BrN3O2/c1-9(18)16-2-4-17(5-3-16)13(19)10-6-11(14)8-12(15)7-10/h6-8H,2-5,15H2,1H3. The van der Waals surface area contributed by atoms with Crippen LogP contribution in [0.4, 0.5) is 5.69 Å². The lowest BCUT2D eigenvalue weighted by atomic mass is 10.1. The van der Waals surface area contributed by atoms with E-state index < -0.39 is 0 Å². The van der Waals surface area contributed by atoms with Crippen molar-refractivity contribution in [3.8, 4) is 0 Å². The highest BCUT2D eigenvalue weighted by Gasteiger charge is 2.23. The van der Waals surface area contributed by atoms with Crippen LogP contribution in [0, 0.1) is 0 Å². The second kappa shape index (κ2) is 5.61. The van der Waals surface area contributed by atoms with Crippen molar-refractivity contribution in [1.82, 2.24) is 9.80 Å². The number of nitrogens with zero attached hydrogens (tertiary/aromatic N) is 2. The number of rotatable bonds is 1. The molecule has 1 heterocycles. The molecule has 1 saturated heterocycles. The van der Waals surface area contributed by atoms with Gasteiger partial charge in [0.05, 0.1) is 0 Å². The number of halogens is 1. The van der Waals surface area contributed by atoms with Gasteiger partial charge in [0.25, 0.3) is 5.91 Å². The van der Waals surface area contributed by atoms with Crippen molar-refractivity contribution < 1.29 is 9.59 Å². The molecule has 0 bridgehead atoms. The van der Waals surface area contributed by atoms with Gasteiger partial charge < -0.3 is 15.5 Å². The van der Waals surface area contributed by atoms with Gasteiger partial charge in [0.15, 0.2) is 0 Å². The van der Waals surface area contributed by atoms with Crippen molar-refractivity contribution in [3.05, 3.63) is 28.2 Å². The molecular formula is C13H16BrN3O2. The van der Waals surface area contributed by atoms with E-state index in [2.05, 4.69) is 15.9 Å². The Kier molecular flexibility index (Phi) is 4.09. The van der Waals surface area contributed by atoms with Gasteiger partial charge in [-0.15, -0.1) is 0 Å². The molecule has 0 saturated carbocycles. The van der Waals surface area contributed by atoms with Gasteiger partial charge in [-0.25, -0.2) is 0 Å². The Morgan fingerprint density at radius 1 is 1.11 bits per heavy atom. The van der Waals surface area contributed by atoms with Crippen molar-refractivity contribution in [3.63, 3.8) is 0 Å². The summed E-state index contributed by atoms with van der Waals surface area (Å²) in [6.45, 7) is 3.84. The first-order valence-electron chi connectivity index (χ1n) is 6.08. The van der Waals surface area contributed by atoms with Gasteiger partial charge in [0.2, 0.25) is 5.91 Å². The quantitative estimate of drug-likeness (QED) is 0.792. The summed E-state index contributed by atoms with van der Waals surface area (Å²) in [5.41, 5.74) is 6.86. The fraction of sp³-hybridized carbons (Fsp3) is 0.385. The van der Waals surface area contributed by atoms with Crippen molar-refractivity contribution in [1.29, 1.82) is 0 Å². The molecule has 0 radical (unpaired) electrons. The molecule has 1 fully saturated rings. The molecule has 0 aliphatic carbocycles. The second-order valence-corrected chi connectivity index (χ2v) is 5.49. The highest BCUT2D eigenvalue weighted by atomic mass is 79.9. The van der Waals surface area contributed by atoms with Crippen LogP contribution in [0.5, 0.6) is 0 Å². The average Bonchev–Trinajstić information content (AvgIpc) is 2.37. The fourth-order valence-electron chi connectivity index (χ4n) is 2.14. The molecule has 102 valence electrons. The lowest BCUT2D eigenvalue weighted by Gasteiger charge is -2.34. The van der Waals surface area contributed by atoms with Crippen LogP contribution in [0.15, 0.2) is 22.7 Å². The maximum absolute atomic E-state index is 12.3. The van der Waals surface area contributed by atoms with Crippen LogP contribution in [0.2, 0.25) is 0 Å². The first-order valence-corrected chi connectivity index (χ1v) is 6.87. The number of hydrogen-bond acceptors (Lipinski definition) is 3. The molecule has 0 atom stereocenters. The minimum Gasteiger partial charge on any atom is -0.399 e. The minimum absolute atomic E-state index is 0.0452. The van der Waals surface area contributed by atoms with Gasteiger partial charge in [-0.2, -0.15) is 0 Å². The van der Waals surface area contributed by atoms with Crippen molar-refractivity contribution in [2.45, 2.75) is 6.92 Å². The molecule has 2 amide bonds. The van der Waals surface area contributed by atoms with Crippen LogP contribution in [-0.4, -0.2) is 47.8 Å². The number of carbonyl (C=O) groups excluding carboxylic acids is 2. The summed E-state index contributed by atoms with van der Waals surface area (Å²) in [5, 5.41) is 0. The molecule has 19 heavy (non-hydrogen) atoms. The van der Waals surface area contributed by atoms with E-state index in [4.69, 9.17) is 5.73 Å². The van der Waals surface area contributed by atoms with Gasteiger partial charge in [-0.1, -0.05) is 15.9 Å². The normalized spacial score (nSPS) is 15.5. The Hall–Kier alpha value is -1.56. The number of anilines is 1. The van der Waals surface area contributed by atoms with Crippen LogP contribution in [0.25, 0.3) is 0 Å². The van der Waals surface area contributed by atoms with Crippen molar-refractivity contribution >= 4 is 33.4 Å². The molecule has 1 aliphatic rings. The largest absolute Gasteiger partial charge is 0.399 e. The topological polar surface area (TPSA) is 66.6 Å². The molecular weight excluding hydrogens is 310 g/mol. The van der Waals surface area contributed by atoms with E-state index in [1.54, 1.807) is 34.9 Å². The second-order valence-electron chi connectivity index (χ2n) is 4.57. The van der Waals surface area contributed by atoms with Crippen molar-refractivity contribution in [2.24, 2.45) is 0 Å². The summed E-state index contributed by atoms with van der Waals surface area (Å²) in [7, 11) is 0. The fourth-order valence-corrected chi connectivity index (χ4v) is 2.65. The van der Waals surface area contributed by atoms with E-state index in [0.29, 0.717) is 37.4 Å². The zero-order valence-corrected chi connectivity index (χ0v) is 12.3. The molecule has 0 spiro atoms. The monoisotopic (exact) mass is 325 g/mol. The van der Waals surface area contributed by atoms with Gasteiger partial charge in [0, 0.05) is 48.8 Å². The third kappa shape index (κ3) is 3.26. The van der Waals surface area contributed by atoms with Crippen LogP contribution in [0.3, 0.4) is 0 Å². The zero-order valence-electron chi connectivity index (χ0n) is 10.7. The summed E-state index contributed by atoms with van der Waals surface area (Å²) < 4.78 is 0.790. The molecule has 2 rings (SSSR count). The number of nitrogen functional groups attached to an aromatic ring is 1. The summed E-state index contributed by atoms with van der Waals surface area (Å²) in [6, 6.07) is 5.19. The van der Waals surface area contributed by atoms with Gasteiger partial charge in [-0.05, 0) is 18.2 Å². The first kappa shape index (κ1) is 13.9. The highest BCUT2D eigenvalue weighted by Crippen LogP contribution is 2.19. The molecule has 1 aromatic rings. The summed E-state index contributed by atoms with van der Waals surface area (Å²) in [6.07, 6.45) is 0. The number of nitrogens with two attached hydrogens (primary N) is 1. The summed E-state index contributed by atoms with van der Waals surface area (Å²) in [5.74, 6) is 0.00926. The molecule has 0 aromatic heterocycles. The van der Waals surface area contributed by atoms with Crippen LogP contribution < -0.4 is 5.73 Å². The Morgan fingerprint density at radius 3 is 2.21 bits per heavy atom. The SMILES string of the molecule is CC(=O)N1CCN(C(=O)c2cc(N)cc(Br)c2)CC1. The number of amides is 2. The predicted molar refractivity (Wildman–Crippen MR) is 76.7 cm³/mol. The summed E-state index contributed by atoms with van der Waals surface area (Å²) >= 11 is 3.33. The molecule has 0 unspecified atom stereocenters. The van der Waals surface area contributed by atoms with Crippen LogP contribution in [-0.2, 0) is 4.79 Å². The smallest absolute Gasteiger partial charge is 0.254 e. The average molecular weight is 326 g/mol. The molecule has 5 nitrogen and oxygen atoms in total. The highest BCUT2D eigenvalue weighted by molar-refractivity contribution is 9.10. The lowest BCUT2D eigenvalue weighted by Crippen LogP contribution is -2.50. The van der Waals surface area contributed by atoms with E-state index >= 15 is 0 Å². The predicted octanol–water partition coefficient (Wildman–Crippen LogP) is 1.34. The maximum Gasteiger partial charge on any atom is 0.254 e. The molecule has 1 aliphatic heterocycles. The van der Waals surface area contributed by atoms with Gasteiger partial charge in [-0.3, -0.25) is 9.59 Å². The molecule has 1 aromatic carbocycles. The first-order chi connectivity index (χ1) is 8.97. The van der Waals surface area contributed by atoms with E-state index in [1.807, 2.05) is 0 Å². The van der Waals surface area contributed by atoms with Crippen LogP contribution in [0.1, 0.15) is 17.3 Å². The van der Waals surface area contributed by atoms with E-state index in [9.17, 15) is 9.59 Å². The van der Waals surface area contributed by atoms with Crippen LogP contribution >= 0.6 is 15.9 Å². The Bertz CT molecular complexity index is 490.